The zero-order valence-corrected chi connectivity index (χ0v) is 12.7. The van der Waals surface area contributed by atoms with Crippen molar-refractivity contribution in [2.75, 3.05) is 0 Å². The van der Waals surface area contributed by atoms with E-state index in [0.29, 0.717) is 17.2 Å². The zero-order valence-electron chi connectivity index (χ0n) is 12.0. The van der Waals surface area contributed by atoms with Gasteiger partial charge in [-0.1, -0.05) is 48.9 Å². The van der Waals surface area contributed by atoms with Gasteiger partial charge in [0.15, 0.2) is 0 Å². The standard InChI is InChI=1S/C17H15ClO4/c1-2-17(11-6-4-3-5-7-11)13-10-12(18)8-9-14(13)21-16(22-17)15(19)20/h3-10,16H,2H2,1H3,(H,19,20). The normalized spacial score (nSPS) is 23.5. The smallest absolute Gasteiger partial charge is 0.373 e. The summed E-state index contributed by atoms with van der Waals surface area (Å²) in [5, 5.41) is 9.87. The molecule has 0 amide bonds. The van der Waals surface area contributed by atoms with Gasteiger partial charge in [-0.2, -0.15) is 0 Å². The molecule has 0 saturated heterocycles. The lowest BCUT2D eigenvalue weighted by Gasteiger charge is -2.41. The third-order valence-corrected chi connectivity index (χ3v) is 4.09. The van der Waals surface area contributed by atoms with Crippen molar-refractivity contribution in [3.05, 3.63) is 64.7 Å². The van der Waals surface area contributed by atoms with E-state index in [1.807, 2.05) is 37.3 Å². The fourth-order valence-electron chi connectivity index (χ4n) is 2.82. The molecule has 1 N–H and O–H groups in total. The molecule has 0 aliphatic carbocycles. The second kappa shape index (κ2) is 5.63. The number of fused-ring (bicyclic) bond motifs is 1. The highest BCUT2D eigenvalue weighted by molar-refractivity contribution is 6.30. The SMILES string of the molecule is CCC1(c2ccccc2)OC(C(=O)O)Oc2ccc(Cl)cc21. The van der Waals surface area contributed by atoms with Crippen LogP contribution >= 0.6 is 11.6 Å². The van der Waals surface area contributed by atoms with Crippen LogP contribution in [0, 0.1) is 0 Å². The van der Waals surface area contributed by atoms with E-state index in [4.69, 9.17) is 21.1 Å². The lowest BCUT2D eigenvalue weighted by molar-refractivity contribution is -0.205. The number of aliphatic carboxylic acids is 1. The van der Waals surface area contributed by atoms with Crippen LogP contribution in [0.25, 0.3) is 0 Å². The summed E-state index contributed by atoms with van der Waals surface area (Å²) >= 11 is 6.12. The maximum Gasteiger partial charge on any atom is 0.373 e. The topological polar surface area (TPSA) is 55.8 Å². The first kappa shape index (κ1) is 14.9. The molecule has 22 heavy (non-hydrogen) atoms. The van der Waals surface area contributed by atoms with Crippen LogP contribution in [-0.2, 0) is 15.1 Å². The number of rotatable bonds is 3. The van der Waals surface area contributed by atoms with Crippen LogP contribution < -0.4 is 4.74 Å². The second-order valence-corrected chi connectivity index (χ2v) is 5.53. The zero-order chi connectivity index (χ0) is 15.7. The summed E-state index contributed by atoms with van der Waals surface area (Å²) in [5.74, 6) is -0.678. The first-order valence-corrected chi connectivity index (χ1v) is 7.37. The van der Waals surface area contributed by atoms with Gasteiger partial charge in [-0.15, -0.1) is 0 Å². The minimum atomic E-state index is -1.35. The van der Waals surface area contributed by atoms with Gasteiger partial charge >= 0.3 is 5.97 Å². The Morgan fingerprint density at radius 2 is 2.00 bits per heavy atom. The van der Waals surface area contributed by atoms with Crippen molar-refractivity contribution in [1.29, 1.82) is 0 Å². The Morgan fingerprint density at radius 1 is 1.27 bits per heavy atom. The van der Waals surface area contributed by atoms with E-state index in [1.54, 1.807) is 18.2 Å². The van der Waals surface area contributed by atoms with Crippen molar-refractivity contribution in [3.63, 3.8) is 0 Å². The summed E-state index contributed by atoms with van der Waals surface area (Å²) < 4.78 is 11.3. The van der Waals surface area contributed by atoms with Crippen LogP contribution in [0.1, 0.15) is 24.5 Å². The maximum atomic E-state index is 11.4. The number of hydrogen-bond acceptors (Lipinski definition) is 3. The van der Waals surface area contributed by atoms with Gasteiger partial charge in [0.25, 0.3) is 6.29 Å². The summed E-state index contributed by atoms with van der Waals surface area (Å²) in [6.45, 7) is 1.95. The molecular formula is C17H15ClO4. The molecule has 0 spiro atoms. The Labute approximate surface area is 133 Å². The highest BCUT2D eigenvalue weighted by Crippen LogP contribution is 2.46. The van der Waals surface area contributed by atoms with E-state index in [1.165, 1.54) is 0 Å². The monoisotopic (exact) mass is 318 g/mol. The van der Waals surface area contributed by atoms with Gasteiger partial charge in [0.1, 0.15) is 11.4 Å². The highest BCUT2D eigenvalue weighted by atomic mass is 35.5. The predicted octanol–water partition coefficient (Wildman–Crippen LogP) is 3.81. The van der Waals surface area contributed by atoms with Crippen LogP contribution in [0.2, 0.25) is 5.02 Å². The van der Waals surface area contributed by atoms with Crippen LogP contribution in [0.15, 0.2) is 48.5 Å². The van der Waals surface area contributed by atoms with E-state index in [9.17, 15) is 9.90 Å². The molecular weight excluding hydrogens is 304 g/mol. The molecule has 0 fully saturated rings. The number of halogens is 1. The number of carboxylic acid groups (broad SMARTS) is 1. The van der Waals surface area contributed by atoms with Gasteiger partial charge in [0.2, 0.25) is 0 Å². The molecule has 1 aliphatic rings. The molecule has 2 unspecified atom stereocenters. The molecule has 1 aliphatic heterocycles. The van der Waals surface area contributed by atoms with Gasteiger partial charge in [-0.05, 0) is 30.2 Å². The molecule has 2 aromatic carbocycles. The van der Waals surface area contributed by atoms with Crippen molar-refractivity contribution in [1.82, 2.24) is 0 Å². The maximum absolute atomic E-state index is 11.4. The minimum Gasteiger partial charge on any atom is -0.477 e. The van der Waals surface area contributed by atoms with E-state index in [2.05, 4.69) is 0 Å². The molecule has 114 valence electrons. The Balaban J connectivity index is 2.23. The third kappa shape index (κ3) is 2.34. The summed E-state index contributed by atoms with van der Waals surface area (Å²) in [7, 11) is 0. The number of benzene rings is 2. The minimum absolute atomic E-state index is 0.480. The first-order valence-electron chi connectivity index (χ1n) is 6.99. The molecule has 0 bridgehead atoms. The number of hydrogen-bond donors (Lipinski definition) is 1. The van der Waals surface area contributed by atoms with Crippen LogP contribution in [0.4, 0.5) is 0 Å². The Bertz CT molecular complexity index is 701. The molecule has 2 aromatic rings. The van der Waals surface area contributed by atoms with E-state index in [0.717, 1.165) is 11.1 Å². The Morgan fingerprint density at radius 3 is 2.64 bits per heavy atom. The number of ether oxygens (including phenoxy) is 2. The lowest BCUT2D eigenvalue weighted by atomic mass is 9.82. The summed E-state index contributed by atoms with van der Waals surface area (Å²) in [5.41, 5.74) is 0.713. The van der Waals surface area contributed by atoms with E-state index >= 15 is 0 Å². The number of carbonyl (C=O) groups is 1. The highest BCUT2D eigenvalue weighted by Gasteiger charge is 2.45. The van der Waals surface area contributed by atoms with Gasteiger partial charge in [-0.25, -0.2) is 4.79 Å². The van der Waals surface area contributed by atoms with Gasteiger partial charge in [0, 0.05) is 10.6 Å². The molecule has 0 saturated carbocycles. The third-order valence-electron chi connectivity index (χ3n) is 3.86. The molecule has 3 rings (SSSR count). The number of carboxylic acids is 1. The average Bonchev–Trinajstić information content (AvgIpc) is 2.54. The summed E-state index contributed by atoms with van der Waals surface area (Å²) in [6, 6.07) is 14.7. The average molecular weight is 319 g/mol. The fourth-order valence-corrected chi connectivity index (χ4v) is 2.99. The molecule has 5 heteroatoms. The first-order chi connectivity index (χ1) is 10.6. The predicted molar refractivity (Wildman–Crippen MR) is 82.1 cm³/mol. The molecule has 1 heterocycles. The van der Waals surface area contributed by atoms with Crippen molar-refractivity contribution in [2.24, 2.45) is 0 Å². The molecule has 4 nitrogen and oxygen atoms in total. The Hall–Kier alpha value is -2.04. The summed E-state index contributed by atoms with van der Waals surface area (Å²) in [6.07, 6.45) is -0.800. The van der Waals surface area contributed by atoms with Gasteiger partial charge < -0.3 is 14.6 Å². The van der Waals surface area contributed by atoms with E-state index < -0.39 is 17.9 Å². The Kier molecular flexibility index (Phi) is 3.81. The van der Waals surface area contributed by atoms with Crippen molar-refractivity contribution in [2.45, 2.75) is 25.2 Å². The van der Waals surface area contributed by atoms with E-state index in [-0.39, 0.29) is 0 Å². The van der Waals surface area contributed by atoms with Crippen molar-refractivity contribution < 1.29 is 19.4 Å². The lowest BCUT2D eigenvalue weighted by Crippen LogP contribution is -2.45. The second-order valence-electron chi connectivity index (χ2n) is 5.09. The van der Waals surface area contributed by atoms with Crippen LogP contribution in [-0.4, -0.2) is 17.4 Å². The van der Waals surface area contributed by atoms with Crippen LogP contribution in [0.5, 0.6) is 5.75 Å². The largest absolute Gasteiger partial charge is 0.477 e. The van der Waals surface area contributed by atoms with Gasteiger partial charge in [-0.3, -0.25) is 0 Å². The van der Waals surface area contributed by atoms with Crippen molar-refractivity contribution in [3.8, 4) is 5.75 Å². The molecule has 0 aromatic heterocycles. The van der Waals surface area contributed by atoms with Crippen molar-refractivity contribution >= 4 is 17.6 Å². The fraction of sp³-hybridized carbons (Fsp3) is 0.235. The quantitative estimate of drug-likeness (QED) is 0.935. The molecule has 2 atom stereocenters. The van der Waals surface area contributed by atoms with Crippen LogP contribution in [0.3, 0.4) is 0 Å². The van der Waals surface area contributed by atoms with Gasteiger partial charge in [0.05, 0.1) is 0 Å². The molecule has 0 radical (unpaired) electrons. The summed E-state index contributed by atoms with van der Waals surface area (Å²) in [4.78, 5) is 11.4.